The van der Waals surface area contributed by atoms with Crippen molar-refractivity contribution < 1.29 is 27.1 Å². The molecule has 2 heterocycles. The minimum absolute atomic E-state index is 0.00715. The molecule has 1 aliphatic heterocycles. The second-order valence-electron chi connectivity index (χ2n) is 10.1. The van der Waals surface area contributed by atoms with Gasteiger partial charge >= 0.3 is 6.18 Å². The largest absolute Gasteiger partial charge is 0.492 e. The van der Waals surface area contributed by atoms with E-state index >= 15 is 4.39 Å². The van der Waals surface area contributed by atoms with Crippen LogP contribution in [-0.4, -0.2) is 85.1 Å². The highest BCUT2D eigenvalue weighted by Gasteiger charge is 2.46. The van der Waals surface area contributed by atoms with Crippen LogP contribution in [0, 0.1) is 17.1 Å². The molecule has 0 N–H and O–H groups in total. The van der Waals surface area contributed by atoms with Gasteiger partial charge in [-0.3, -0.25) is 4.90 Å². The van der Waals surface area contributed by atoms with Crippen LogP contribution in [0.1, 0.15) is 30.5 Å². The lowest BCUT2D eigenvalue weighted by Gasteiger charge is -2.48. The Hall–Kier alpha value is -3.34. The molecule has 0 bridgehead atoms. The number of hydrogen-bond acceptors (Lipinski definition) is 7. The van der Waals surface area contributed by atoms with Crippen molar-refractivity contribution in [2.45, 2.75) is 31.0 Å². The van der Waals surface area contributed by atoms with E-state index in [0.29, 0.717) is 44.4 Å². The van der Waals surface area contributed by atoms with Crippen LogP contribution < -0.4 is 14.5 Å². The van der Waals surface area contributed by atoms with Gasteiger partial charge in [0.15, 0.2) is 16.6 Å². The van der Waals surface area contributed by atoms with Crippen molar-refractivity contribution in [2.24, 2.45) is 0 Å². The SMILES string of the molecule is CN1CCN(CCOc2ccc(N(C(=S)N(C)c3cnc(C#N)c(C(F)(F)F)c3)C3(C=O)CCC3)c(F)c2)CC1. The van der Waals surface area contributed by atoms with Crippen molar-refractivity contribution in [3.05, 3.63) is 47.5 Å². The Morgan fingerprint density at radius 1 is 1.25 bits per heavy atom. The van der Waals surface area contributed by atoms with E-state index in [1.165, 1.54) is 35.0 Å². The summed E-state index contributed by atoms with van der Waals surface area (Å²) in [6, 6.07) is 6.47. The van der Waals surface area contributed by atoms with Crippen molar-refractivity contribution in [2.75, 3.05) is 63.2 Å². The number of pyridine rings is 1. The molecule has 2 aromatic rings. The average molecular weight is 579 g/mol. The Bertz CT molecular complexity index is 1290. The van der Waals surface area contributed by atoms with E-state index in [2.05, 4.69) is 21.8 Å². The molecular formula is C27H30F4N6O2S. The van der Waals surface area contributed by atoms with Crippen LogP contribution in [0.4, 0.5) is 28.9 Å². The summed E-state index contributed by atoms with van der Waals surface area (Å²) in [5.41, 5.74) is -3.20. The van der Waals surface area contributed by atoms with Gasteiger partial charge in [0.2, 0.25) is 0 Å². The quantitative estimate of drug-likeness (QED) is 0.262. The first kappa shape index (κ1) is 29.6. The fraction of sp³-hybridized carbons (Fsp3) is 0.481. The van der Waals surface area contributed by atoms with Gasteiger partial charge in [0.25, 0.3) is 0 Å². The molecule has 1 saturated heterocycles. The molecule has 0 atom stereocenters. The zero-order valence-electron chi connectivity index (χ0n) is 22.2. The van der Waals surface area contributed by atoms with E-state index < -0.39 is 28.8 Å². The Morgan fingerprint density at radius 3 is 2.50 bits per heavy atom. The molecule has 214 valence electrons. The van der Waals surface area contributed by atoms with Crippen molar-refractivity contribution >= 4 is 35.0 Å². The Balaban J connectivity index is 1.57. The number of carbonyl (C=O) groups is 1. The van der Waals surface area contributed by atoms with Crippen molar-refractivity contribution in [3.63, 3.8) is 0 Å². The number of carbonyl (C=O) groups excluding carboxylic acids is 1. The number of nitrogens with zero attached hydrogens (tertiary/aromatic N) is 6. The Morgan fingerprint density at radius 2 is 1.95 bits per heavy atom. The van der Waals surface area contributed by atoms with Crippen LogP contribution in [0.2, 0.25) is 0 Å². The predicted octanol–water partition coefficient (Wildman–Crippen LogP) is 4.09. The number of anilines is 2. The van der Waals surface area contributed by atoms with Crippen LogP contribution in [0.15, 0.2) is 30.5 Å². The third kappa shape index (κ3) is 6.19. The first-order valence-corrected chi connectivity index (χ1v) is 13.2. The molecule has 4 rings (SSSR count). The summed E-state index contributed by atoms with van der Waals surface area (Å²) in [5.74, 6) is -0.371. The molecule has 1 aromatic carbocycles. The summed E-state index contributed by atoms with van der Waals surface area (Å²) in [4.78, 5) is 23.0. The minimum Gasteiger partial charge on any atom is -0.492 e. The molecule has 0 radical (unpaired) electrons. The van der Waals surface area contributed by atoms with Gasteiger partial charge in [0, 0.05) is 45.8 Å². The summed E-state index contributed by atoms with van der Waals surface area (Å²) < 4.78 is 62.0. The van der Waals surface area contributed by atoms with Gasteiger partial charge < -0.3 is 24.2 Å². The second-order valence-corrected chi connectivity index (χ2v) is 10.4. The maximum Gasteiger partial charge on any atom is 0.419 e. The number of aldehydes is 1. The van der Waals surface area contributed by atoms with Gasteiger partial charge in [0.1, 0.15) is 30.3 Å². The number of benzene rings is 1. The van der Waals surface area contributed by atoms with Gasteiger partial charge in [-0.25, -0.2) is 9.37 Å². The number of likely N-dealkylation sites (N-methyl/N-ethyl adjacent to an activating group) is 1. The lowest BCUT2D eigenvalue weighted by atomic mass is 9.76. The van der Waals surface area contributed by atoms with E-state index in [1.54, 1.807) is 6.07 Å². The number of ether oxygens (including phenoxy) is 1. The molecule has 1 aliphatic carbocycles. The number of halogens is 4. The summed E-state index contributed by atoms with van der Waals surface area (Å²) >= 11 is 5.63. The van der Waals surface area contributed by atoms with E-state index in [4.69, 9.17) is 22.2 Å². The maximum atomic E-state index is 15.6. The normalized spacial score (nSPS) is 17.4. The van der Waals surface area contributed by atoms with Crippen LogP contribution in [-0.2, 0) is 11.0 Å². The highest BCUT2D eigenvalue weighted by molar-refractivity contribution is 7.80. The maximum absolute atomic E-state index is 15.6. The molecule has 8 nitrogen and oxygen atoms in total. The minimum atomic E-state index is -4.82. The van der Waals surface area contributed by atoms with Gasteiger partial charge in [-0.05, 0) is 56.7 Å². The van der Waals surface area contributed by atoms with Crippen LogP contribution in [0.3, 0.4) is 0 Å². The fourth-order valence-corrected chi connectivity index (χ4v) is 5.18. The summed E-state index contributed by atoms with van der Waals surface area (Å²) in [6.07, 6.45) is -1.54. The number of rotatable bonds is 8. The number of hydrogen-bond donors (Lipinski definition) is 0. The highest BCUT2D eigenvalue weighted by Crippen LogP contribution is 2.42. The third-order valence-corrected chi connectivity index (χ3v) is 7.92. The number of piperazine rings is 1. The van der Waals surface area contributed by atoms with Gasteiger partial charge in [-0.15, -0.1) is 0 Å². The standard InChI is InChI=1S/C27H30F4N6O2S/c1-34-8-10-36(11-9-34)12-13-39-20-4-5-24(22(28)15-20)37(26(18-38)6-3-7-26)25(40)35(2)19-14-21(27(29,30)31)23(16-32)33-17-19/h4-5,14-15,17-18H,3,6-13H2,1-2H3. The monoisotopic (exact) mass is 578 g/mol. The van der Waals surface area contributed by atoms with Gasteiger partial charge in [-0.1, -0.05) is 0 Å². The summed E-state index contributed by atoms with van der Waals surface area (Å²) in [5, 5.41) is 8.97. The van der Waals surface area contributed by atoms with E-state index in [-0.39, 0.29) is 16.5 Å². The Kier molecular flexibility index (Phi) is 8.92. The number of aromatic nitrogens is 1. The lowest BCUT2D eigenvalue weighted by molar-refractivity contribution is -0.138. The molecule has 13 heteroatoms. The third-order valence-electron chi connectivity index (χ3n) is 7.47. The van der Waals surface area contributed by atoms with Crippen LogP contribution >= 0.6 is 12.2 Å². The first-order valence-electron chi connectivity index (χ1n) is 12.8. The zero-order chi connectivity index (χ0) is 29.1. The van der Waals surface area contributed by atoms with E-state index in [1.807, 2.05) is 0 Å². The van der Waals surface area contributed by atoms with Crippen molar-refractivity contribution in [1.82, 2.24) is 14.8 Å². The lowest BCUT2D eigenvalue weighted by Crippen LogP contribution is -2.61. The zero-order valence-corrected chi connectivity index (χ0v) is 23.1. The first-order chi connectivity index (χ1) is 19.0. The average Bonchev–Trinajstić information content (AvgIpc) is 2.91. The summed E-state index contributed by atoms with van der Waals surface area (Å²) in [6.45, 7) is 4.88. The van der Waals surface area contributed by atoms with Crippen molar-refractivity contribution in [3.8, 4) is 11.8 Å². The molecule has 2 fully saturated rings. The number of nitriles is 1. The van der Waals surface area contributed by atoms with Gasteiger partial charge in [0.05, 0.1) is 23.1 Å². The topological polar surface area (TPSA) is 75.9 Å². The highest BCUT2D eigenvalue weighted by atomic mass is 32.1. The molecule has 40 heavy (non-hydrogen) atoms. The molecule has 0 spiro atoms. The predicted molar refractivity (Wildman–Crippen MR) is 146 cm³/mol. The molecule has 1 aromatic heterocycles. The molecule has 2 aliphatic rings. The van der Waals surface area contributed by atoms with Crippen LogP contribution in [0.25, 0.3) is 0 Å². The van der Waals surface area contributed by atoms with E-state index in [9.17, 15) is 18.0 Å². The molecule has 0 amide bonds. The number of alkyl halides is 3. The number of thiocarbonyl (C=S) groups is 1. The van der Waals surface area contributed by atoms with E-state index in [0.717, 1.165) is 38.4 Å². The Labute approximate surface area is 235 Å². The molecule has 1 saturated carbocycles. The molecular weight excluding hydrogens is 548 g/mol. The fourth-order valence-electron chi connectivity index (χ4n) is 4.79. The molecule has 0 unspecified atom stereocenters. The summed E-state index contributed by atoms with van der Waals surface area (Å²) in [7, 11) is 3.48. The van der Waals surface area contributed by atoms with Crippen molar-refractivity contribution in [1.29, 1.82) is 5.26 Å². The van der Waals surface area contributed by atoms with Gasteiger partial charge in [-0.2, -0.15) is 18.4 Å². The van der Waals surface area contributed by atoms with Crippen LogP contribution in [0.5, 0.6) is 5.75 Å². The smallest absolute Gasteiger partial charge is 0.419 e. The second kappa shape index (κ2) is 12.0.